The van der Waals surface area contributed by atoms with Crippen molar-refractivity contribution in [3.8, 4) is 0 Å². The van der Waals surface area contributed by atoms with E-state index in [-0.39, 0.29) is 0 Å². The Labute approximate surface area is 188 Å². The van der Waals surface area contributed by atoms with Crippen LogP contribution in [-0.2, 0) is 10.0 Å². The fourth-order valence-electron chi connectivity index (χ4n) is 4.50. The zero-order chi connectivity index (χ0) is 22.1. The third-order valence-electron chi connectivity index (χ3n) is 6.32. The molecule has 5 rings (SSSR count). The molecular weight excluding hydrogens is 426 g/mol. The first-order valence-corrected chi connectivity index (χ1v) is 12.7. The summed E-state index contributed by atoms with van der Waals surface area (Å²) in [5.41, 5.74) is 8.32. The molecule has 0 atom stereocenters. The van der Waals surface area contributed by atoms with Crippen molar-refractivity contribution in [1.82, 2.24) is 18.9 Å². The van der Waals surface area contributed by atoms with E-state index in [0.717, 1.165) is 55.7 Å². The van der Waals surface area contributed by atoms with Gasteiger partial charge in [-0.3, -0.25) is 0 Å². The van der Waals surface area contributed by atoms with Crippen molar-refractivity contribution in [3.05, 3.63) is 42.7 Å². The molecule has 2 aliphatic rings. The molecule has 2 fully saturated rings. The van der Waals surface area contributed by atoms with Gasteiger partial charge in [-0.25, -0.2) is 17.9 Å². The number of anilines is 3. The zero-order valence-electron chi connectivity index (χ0n) is 17.9. The van der Waals surface area contributed by atoms with Gasteiger partial charge in [0.25, 0.3) is 0 Å². The minimum absolute atomic E-state index is 0.298. The van der Waals surface area contributed by atoms with E-state index in [2.05, 4.69) is 20.7 Å². The predicted molar refractivity (Wildman–Crippen MR) is 125 cm³/mol. The van der Waals surface area contributed by atoms with Crippen LogP contribution in [0, 0.1) is 0 Å². The van der Waals surface area contributed by atoms with Crippen molar-refractivity contribution in [3.63, 3.8) is 0 Å². The number of nitrogens with one attached hydrogen (secondary N) is 2. The maximum atomic E-state index is 12.8. The molecule has 1 aromatic carbocycles. The Kier molecular flexibility index (Phi) is 5.75. The van der Waals surface area contributed by atoms with Crippen LogP contribution >= 0.6 is 0 Å². The van der Waals surface area contributed by atoms with Crippen molar-refractivity contribution in [2.45, 2.75) is 55.5 Å². The van der Waals surface area contributed by atoms with Crippen LogP contribution in [-0.4, -0.2) is 52.5 Å². The zero-order valence-corrected chi connectivity index (χ0v) is 18.8. The lowest BCUT2D eigenvalue weighted by atomic mass is 9.92. The molecule has 0 bridgehead atoms. The molecule has 32 heavy (non-hydrogen) atoms. The summed E-state index contributed by atoms with van der Waals surface area (Å²) in [6, 6.07) is 9.50. The number of aromatic nitrogens is 3. The number of nitrogens with zero attached hydrogens (tertiary/aromatic N) is 4. The van der Waals surface area contributed by atoms with Gasteiger partial charge in [-0.2, -0.15) is 4.31 Å². The van der Waals surface area contributed by atoms with E-state index < -0.39 is 10.0 Å². The first-order valence-electron chi connectivity index (χ1n) is 11.2. The molecule has 0 radical (unpaired) electrons. The van der Waals surface area contributed by atoms with Gasteiger partial charge in [0, 0.05) is 49.3 Å². The number of benzene rings is 1. The van der Waals surface area contributed by atoms with Gasteiger partial charge >= 0.3 is 0 Å². The lowest BCUT2D eigenvalue weighted by molar-refractivity contribution is 0.410. The van der Waals surface area contributed by atoms with E-state index in [1.165, 1.54) is 0 Å². The number of sulfonamides is 1. The third-order valence-corrected chi connectivity index (χ3v) is 8.23. The van der Waals surface area contributed by atoms with Gasteiger partial charge in [-0.15, -0.1) is 5.10 Å². The van der Waals surface area contributed by atoms with E-state index in [9.17, 15) is 8.42 Å². The fourth-order valence-corrected chi connectivity index (χ4v) is 6.01. The molecule has 10 heteroatoms. The highest BCUT2D eigenvalue weighted by Gasteiger charge is 2.27. The summed E-state index contributed by atoms with van der Waals surface area (Å²) in [5, 5.41) is 11.5. The minimum Gasteiger partial charge on any atom is -0.366 e. The summed E-state index contributed by atoms with van der Waals surface area (Å²) >= 11 is 0. The monoisotopic (exact) mass is 455 g/mol. The minimum atomic E-state index is -3.42. The van der Waals surface area contributed by atoms with Gasteiger partial charge in [0.1, 0.15) is 5.82 Å². The molecule has 0 unspecified atom stereocenters. The highest BCUT2D eigenvalue weighted by atomic mass is 32.2. The van der Waals surface area contributed by atoms with Gasteiger partial charge < -0.3 is 16.4 Å². The van der Waals surface area contributed by atoms with E-state index in [0.29, 0.717) is 35.7 Å². The molecule has 3 aromatic rings. The van der Waals surface area contributed by atoms with Crippen molar-refractivity contribution in [2.75, 3.05) is 23.7 Å². The van der Waals surface area contributed by atoms with Crippen LogP contribution in [0.4, 0.5) is 17.2 Å². The predicted octanol–water partition coefficient (Wildman–Crippen LogP) is 2.94. The molecule has 1 saturated heterocycles. The second kappa shape index (κ2) is 8.68. The standard InChI is InChI=1S/C22H29N7O2S/c23-16-3-5-18(6-4-16)26-21-15-20(22-24-11-14-29(22)27-21)25-17-7-9-19(10-8-17)32(30,31)28-12-1-2-13-28/h7-11,14-16,18,25H,1-6,12-13,23H2,(H,26,27). The smallest absolute Gasteiger partial charge is 0.243 e. The number of nitrogens with two attached hydrogens (primary N) is 1. The van der Waals surface area contributed by atoms with Gasteiger partial charge in [0.05, 0.1) is 10.6 Å². The molecule has 1 saturated carbocycles. The average molecular weight is 456 g/mol. The molecule has 4 N–H and O–H groups in total. The largest absolute Gasteiger partial charge is 0.366 e. The highest BCUT2D eigenvalue weighted by molar-refractivity contribution is 7.89. The Morgan fingerprint density at radius 3 is 2.47 bits per heavy atom. The molecule has 0 amide bonds. The van der Waals surface area contributed by atoms with Crippen molar-refractivity contribution < 1.29 is 8.42 Å². The number of hydrogen-bond acceptors (Lipinski definition) is 7. The Bertz CT molecular complexity index is 1180. The van der Waals surface area contributed by atoms with Crippen LogP contribution in [0.5, 0.6) is 0 Å². The summed E-state index contributed by atoms with van der Waals surface area (Å²) in [6.45, 7) is 1.19. The van der Waals surface area contributed by atoms with Crippen LogP contribution in [0.1, 0.15) is 38.5 Å². The second-order valence-electron chi connectivity index (χ2n) is 8.66. The maximum Gasteiger partial charge on any atom is 0.243 e. The van der Waals surface area contributed by atoms with E-state index in [4.69, 9.17) is 5.73 Å². The molecule has 2 aromatic heterocycles. The number of fused-ring (bicyclic) bond motifs is 1. The Hall–Kier alpha value is -2.69. The Balaban J connectivity index is 1.36. The fraction of sp³-hybridized carbons (Fsp3) is 0.455. The van der Waals surface area contributed by atoms with Crippen molar-refractivity contribution >= 4 is 32.9 Å². The molecule has 1 aliphatic heterocycles. The van der Waals surface area contributed by atoms with Crippen LogP contribution in [0.15, 0.2) is 47.6 Å². The summed E-state index contributed by atoms with van der Waals surface area (Å²) in [4.78, 5) is 4.74. The SMILES string of the molecule is NC1CCC(Nc2cc(Nc3ccc(S(=O)(=O)N4CCCC4)cc3)c3nccn3n2)CC1. The molecule has 3 heterocycles. The van der Waals surface area contributed by atoms with Crippen molar-refractivity contribution in [2.24, 2.45) is 5.73 Å². The lowest BCUT2D eigenvalue weighted by Crippen LogP contribution is -2.33. The van der Waals surface area contributed by atoms with Crippen LogP contribution in [0.3, 0.4) is 0 Å². The van der Waals surface area contributed by atoms with Crippen LogP contribution < -0.4 is 16.4 Å². The summed E-state index contributed by atoms with van der Waals surface area (Å²) in [7, 11) is -3.42. The van der Waals surface area contributed by atoms with E-state index in [1.807, 2.05) is 12.3 Å². The maximum absolute atomic E-state index is 12.8. The van der Waals surface area contributed by atoms with Gasteiger partial charge in [-0.05, 0) is 62.8 Å². The van der Waals surface area contributed by atoms with Gasteiger partial charge in [0.2, 0.25) is 10.0 Å². The van der Waals surface area contributed by atoms with E-state index in [1.54, 1.807) is 39.3 Å². The van der Waals surface area contributed by atoms with E-state index >= 15 is 0 Å². The number of hydrogen-bond donors (Lipinski definition) is 3. The summed E-state index contributed by atoms with van der Waals surface area (Å²) in [6.07, 6.45) is 9.46. The summed E-state index contributed by atoms with van der Waals surface area (Å²) in [5.74, 6) is 0.770. The number of imidazole rings is 1. The number of rotatable bonds is 6. The topological polar surface area (TPSA) is 118 Å². The van der Waals surface area contributed by atoms with Gasteiger partial charge in [0.15, 0.2) is 5.65 Å². The highest BCUT2D eigenvalue weighted by Crippen LogP contribution is 2.27. The lowest BCUT2D eigenvalue weighted by Gasteiger charge is -2.27. The quantitative estimate of drug-likeness (QED) is 0.523. The van der Waals surface area contributed by atoms with Crippen LogP contribution in [0.2, 0.25) is 0 Å². The first kappa shape index (κ1) is 21.2. The van der Waals surface area contributed by atoms with Gasteiger partial charge in [-0.1, -0.05) is 0 Å². The normalized spacial score (nSPS) is 22.3. The molecule has 9 nitrogen and oxygen atoms in total. The molecular formula is C22H29N7O2S. The Morgan fingerprint density at radius 2 is 1.75 bits per heavy atom. The first-order chi connectivity index (χ1) is 15.5. The van der Waals surface area contributed by atoms with Crippen molar-refractivity contribution in [1.29, 1.82) is 0 Å². The Morgan fingerprint density at radius 1 is 1.03 bits per heavy atom. The average Bonchev–Trinajstić information content (AvgIpc) is 3.48. The second-order valence-corrected chi connectivity index (χ2v) is 10.6. The molecule has 0 spiro atoms. The van der Waals surface area contributed by atoms with Crippen LogP contribution in [0.25, 0.3) is 5.65 Å². The summed E-state index contributed by atoms with van der Waals surface area (Å²) < 4.78 is 28.8. The third kappa shape index (κ3) is 4.30. The molecule has 1 aliphatic carbocycles. The molecule has 170 valence electrons.